The molecule has 242 valence electrons. The number of unbranched alkanes of at least 4 members (excludes halogenated alkanes) is 15. The van der Waals surface area contributed by atoms with Crippen LogP contribution in [0.25, 0.3) is 0 Å². The first kappa shape index (κ1) is 39.9. The second-order valence-electron chi connectivity index (χ2n) is 11.7. The molecule has 0 aromatic heterocycles. The molecule has 0 saturated carbocycles. The smallest absolute Gasteiger partial charge is 0.306 e. The Morgan fingerprint density at radius 2 is 1.02 bits per heavy atom. The van der Waals surface area contributed by atoms with Crippen LogP contribution in [-0.2, 0) is 14.3 Å². The van der Waals surface area contributed by atoms with Gasteiger partial charge in [-0.3, -0.25) is 9.59 Å². The van der Waals surface area contributed by atoms with Crippen molar-refractivity contribution in [2.45, 2.75) is 180 Å². The van der Waals surface area contributed by atoms with Crippen LogP contribution in [0.4, 0.5) is 0 Å². The monoisotopic (exact) mass is 586 g/mol. The molecule has 42 heavy (non-hydrogen) atoms. The van der Waals surface area contributed by atoms with Crippen LogP contribution in [0, 0.1) is 0 Å². The summed E-state index contributed by atoms with van der Waals surface area (Å²) in [5.74, 6) is -1.00. The Kier molecular flexibility index (Phi) is 31.7. The van der Waals surface area contributed by atoms with Crippen molar-refractivity contribution in [1.82, 2.24) is 0 Å². The number of carbonyl (C=O) groups excluding carboxylic acids is 1. The van der Waals surface area contributed by atoms with Gasteiger partial charge in [0, 0.05) is 12.8 Å². The summed E-state index contributed by atoms with van der Waals surface area (Å²) in [7, 11) is 0. The SMILES string of the molecule is CC/C=C\C/C=C\C/C=C\C/C=C\CCCCC(=O)OC(CCCCCCCCCCCCCCCC)CCC(=O)O. The Hall–Kier alpha value is -2.10. The minimum atomic E-state index is -0.824. The Bertz CT molecular complexity index is 719. The van der Waals surface area contributed by atoms with E-state index < -0.39 is 5.97 Å². The Balaban J connectivity index is 3.87. The molecule has 1 N–H and O–H groups in total. The molecule has 0 heterocycles. The fourth-order valence-electron chi connectivity index (χ4n) is 4.99. The first-order chi connectivity index (χ1) is 20.6. The van der Waals surface area contributed by atoms with Gasteiger partial charge in [0.1, 0.15) is 6.10 Å². The maximum Gasteiger partial charge on any atom is 0.306 e. The van der Waals surface area contributed by atoms with Gasteiger partial charge in [-0.05, 0) is 64.2 Å². The maximum atomic E-state index is 12.4. The molecular formula is C38H66O4. The molecule has 0 aliphatic rings. The van der Waals surface area contributed by atoms with Crippen molar-refractivity contribution in [3.05, 3.63) is 48.6 Å². The highest BCUT2D eigenvalue weighted by molar-refractivity contribution is 5.69. The molecule has 0 rings (SSSR count). The molecule has 0 amide bonds. The van der Waals surface area contributed by atoms with Crippen LogP contribution in [0.2, 0.25) is 0 Å². The maximum absolute atomic E-state index is 12.4. The molecular weight excluding hydrogens is 520 g/mol. The highest BCUT2D eigenvalue weighted by Gasteiger charge is 2.15. The fourth-order valence-corrected chi connectivity index (χ4v) is 4.99. The van der Waals surface area contributed by atoms with Gasteiger partial charge in [-0.15, -0.1) is 0 Å². The molecule has 0 aromatic carbocycles. The van der Waals surface area contributed by atoms with Crippen LogP contribution >= 0.6 is 0 Å². The molecule has 0 fully saturated rings. The molecule has 0 saturated heterocycles. The predicted molar refractivity (Wildman–Crippen MR) is 181 cm³/mol. The van der Waals surface area contributed by atoms with Crippen LogP contribution in [-0.4, -0.2) is 23.1 Å². The molecule has 4 nitrogen and oxygen atoms in total. The highest BCUT2D eigenvalue weighted by atomic mass is 16.5. The standard InChI is InChI=1S/C38H66O4/c1-3-5-7-9-11-13-15-17-19-21-23-25-27-29-31-33-38(41)42-36(34-35-37(39)40)32-30-28-26-24-22-20-18-16-14-12-10-8-6-4-2/h5,7,11,13,17,19,23,25,36H,3-4,6,8-10,12,14-16,18,20-22,24,26-35H2,1-2H3,(H,39,40)/b7-5-,13-11-,19-17-,25-23-. The van der Waals surface area contributed by atoms with Crippen molar-refractivity contribution < 1.29 is 19.4 Å². The van der Waals surface area contributed by atoms with Crippen molar-refractivity contribution in [3.63, 3.8) is 0 Å². The molecule has 0 aliphatic heterocycles. The second-order valence-corrected chi connectivity index (χ2v) is 11.7. The number of hydrogen-bond donors (Lipinski definition) is 1. The van der Waals surface area contributed by atoms with Gasteiger partial charge in [-0.1, -0.05) is 146 Å². The average molecular weight is 587 g/mol. The summed E-state index contributed by atoms with van der Waals surface area (Å²) in [6.07, 6.45) is 44.0. The van der Waals surface area contributed by atoms with Gasteiger partial charge in [-0.2, -0.15) is 0 Å². The lowest BCUT2D eigenvalue weighted by atomic mass is 10.0. The number of hydrogen-bond acceptors (Lipinski definition) is 3. The summed E-state index contributed by atoms with van der Waals surface area (Å²) in [6.45, 7) is 4.42. The quantitative estimate of drug-likeness (QED) is 0.0498. The minimum Gasteiger partial charge on any atom is -0.481 e. The Morgan fingerprint density at radius 3 is 1.52 bits per heavy atom. The minimum absolute atomic E-state index is 0.0579. The lowest BCUT2D eigenvalue weighted by Crippen LogP contribution is -2.19. The Labute approximate surface area is 260 Å². The highest BCUT2D eigenvalue weighted by Crippen LogP contribution is 2.17. The van der Waals surface area contributed by atoms with Gasteiger partial charge in [0.15, 0.2) is 0 Å². The van der Waals surface area contributed by atoms with Crippen molar-refractivity contribution >= 4 is 11.9 Å². The van der Waals surface area contributed by atoms with Crippen LogP contribution in [0.5, 0.6) is 0 Å². The van der Waals surface area contributed by atoms with E-state index in [-0.39, 0.29) is 18.5 Å². The van der Waals surface area contributed by atoms with Gasteiger partial charge >= 0.3 is 11.9 Å². The molecule has 1 atom stereocenters. The van der Waals surface area contributed by atoms with Crippen LogP contribution in [0.15, 0.2) is 48.6 Å². The van der Waals surface area contributed by atoms with E-state index in [2.05, 4.69) is 62.5 Å². The first-order valence-corrected chi connectivity index (χ1v) is 17.6. The molecule has 0 bridgehead atoms. The van der Waals surface area contributed by atoms with E-state index in [0.717, 1.165) is 64.2 Å². The summed E-state index contributed by atoms with van der Waals surface area (Å²) in [5.41, 5.74) is 0. The van der Waals surface area contributed by atoms with Gasteiger partial charge in [0.25, 0.3) is 0 Å². The number of esters is 1. The molecule has 0 spiro atoms. The summed E-state index contributed by atoms with van der Waals surface area (Å²) in [4.78, 5) is 23.4. The number of carboxylic acid groups (broad SMARTS) is 1. The third-order valence-electron chi connectivity index (χ3n) is 7.58. The largest absolute Gasteiger partial charge is 0.481 e. The number of aliphatic carboxylic acids is 1. The van der Waals surface area contributed by atoms with E-state index in [1.165, 1.54) is 77.0 Å². The van der Waals surface area contributed by atoms with Crippen molar-refractivity contribution in [1.29, 1.82) is 0 Å². The van der Waals surface area contributed by atoms with Gasteiger partial charge in [-0.25, -0.2) is 0 Å². The van der Waals surface area contributed by atoms with E-state index in [1.54, 1.807) is 0 Å². The number of rotatable bonds is 31. The van der Waals surface area contributed by atoms with Gasteiger partial charge < -0.3 is 9.84 Å². The Morgan fingerprint density at radius 1 is 0.548 bits per heavy atom. The van der Waals surface area contributed by atoms with Gasteiger partial charge in [0.05, 0.1) is 0 Å². The van der Waals surface area contributed by atoms with Crippen molar-refractivity contribution in [2.75, 3.05) is 0 Å². The second kappa shape index (κ2) is 33.4. The summed E-state index contributed by atoms with van der Waals surface area (Å²) in [5, 5.41) is 9.09. The lowest BCUT2D eigenvalue weighted by Gasteiger charge is -2.17. The number of ether oxygens (including phenoxy) is 1. The van der Waals surface area contributed by atoms with E-state index >= 15 is 0 Å². The van der Waals surface area contributed by atoms with E-state index in [4.69, 9.17) is 9.84 Å². The lowest BCUT2D eigenvalue weighted by molar-refractivity contribution is -0.151. The predicted octanol–water partition coefficient (Wildman–Crippen LogP) is 12.0. The number of carboxylic acids is 1. The summed E-state index contributed by atoms with van der Waals surface area (Å²) in [6, 6.07) is 0. The van der Waals surface area contributed by atoms with E-state index in [0.29, 0.717) is 12.8 Å². The molecule has 0 radical (unpaired) electrons. The average Bonchev–Trinajstić information content (AvgIpc) is 2.97. The third-order valence-corrected chi connectivity index (χ3v) is 7.58. The summed E-state index contributed by atoms with van der Waals surface area (Å²) >= 11 is 0. The topological polar surface area (TPSA) is 63.6 Å². The fraction of sp³-hybridized carbons (Fsp3) is 0.737. The zero-order valence-electron chi connectivity index (χ0n) is 27.5. The zero-order chi connectivity index (χ0) is 30.8. The van der Waals surface area contributed by atoms with E-state index in [1.807, 2.05) is 0 Å². The molecule has 4 heteroatoms. The van der Waals surface area contributed by atoms with Crippen molar-refractivity contribution in [3.8, 4) is 0 Å². The number of allylic oxidation sites excluding steroid dienone is 8. The number of carbonyl (C=O) groups is 2. The first-order valence-electron chi connectivity index (χ1n) is 17.6. The van der Waals surface area contributed by atoms with E-state index in [9.17, 15) is 9.59 Å². The summed E-state index contributed by atoms with van der Waals surface area (Å²) < 4.78 is 5.69. The normalized spacial score (nSPS) is 12.8. The van der Waals surface area contributed by atoms with Crippen molar-refractivity contribution in [2.24, 2.45) is 0 Å². The van der Waals surface area contributed by atoms with Gasteiger partial charge in [0.2, 0.25) is 0 Å². The third kappa shape index (κ3) is 32.4. The zero-order valence-corrected chi connectivity index (χ0v) is 27.5. The molecule has 1 unspecified atom stereocenters. The molecule has 0 aliphatic carbocycles. The van der Waals surface area contributed by atoms with Crippen LogP contribution in [0.1, 0.15) is 174 Å². The van der Waals surface area contributed by atoms with Crippen LogP contribution in [0.3, 0.4) is 0 Å². The molecule has 0 aromatic rings. The van der Waals surface area contributed by atoms with Crippen LogP contribution < -0.4 is 0 Å².